The molecule has 0 amide bonds. The lowest BCUT2D eigenvalue weighted by atomic mass is 10.5. The predicted octanol–water partition coefficient (Wildman–Crippen LogP) is 0.0999. The van der Waals surface area contributed by atoms with E-state index >= 15 is 0 Å². The number of nitrogens with zero attached hydrogens (tertiary/aromatic N) is 3. The van der Waals surface area contributed by atoms with E-state index in [9.17, 15) is 0 Å². The molecule has 2 aromatic rings. The van der Waals surface area contributed by atoms with Crippen molar-refractivity contribution < 1.29 is 0 Å². The molecule has 2 aromatic heterocycles. The third kappa shape index (κ3) is 1.59. The Balaban J connectivity index is 2.26. The molecule has 0 aliphatic heterocycles. The van der Waals surface area contributed by atoms with E-state index in [1.807, 2.05) is 18.3 Å². The number of anilines is 1. The van der Waals surface area contributed by atoms with Gasteiger partial charge >= 0.3 is 0 Å². The predicted molar refractivity (Wildman–Crippen MR) is 50.5 cm³/mol. The van der Waals surface area contributed by atoms with Gasteiger partial charge in [-0.3, -0.25) is 0 Å². The molecule has 2 heterocycles. The first-order valence-electron chi connectivity index (χ1n) is 4.14. The lowest BCUT2D eigenvalue weighted by molar-refractivity contribution is 0.887. The molecule has 5 heteroatoms. The summed E-state index contributed by atoms with van der Waals surface area (Å²) in [5, 5.41) is 7.22. The van der Waals surface area contributed by atoms with Crippen LogP contribution in [0, 0.1) is 0 Å². The summed E-state index contributed by atoms with van der Waals surface area (Å²) < 4.78 is 1.77. The van der Waals surface area contributed by atoms with Crippen LogP contribution in [-0.2, 0) is 0 Å². The summed E-state index contributed by atoms with van der Waals surface area (Å²) in [4.78, 5) is 4.12. The number of aromatic nitrogens is 3. The van der Waals surface area contributed by atoms with Gasteiger partial charge in [-0.25, -0.2) is 9.50 Å². The maximum Gasteiger partial charge on any atom is 0.241 e. The van der Waals surface area contributed by atoms with E-state index in [-0.39, 0.29) is 0 Å². The van der Waals surface area contributed by atoms with Crippen LogP contribution in [0.3, 0.4) is 0 Å². The molecule has 0 aliphatic rings. The minimum atomic E-state index is 0.576. The SMILES string of the molecule is NCCNc1ncc2cccn2n1. The van der Waals surface area contributed by atoms with Crippen LogP contribution in [0.1, 0.15) is 0 Å². The van der Waals surface area contributed by atoms with Gasteiger partial charge in [0.1, 0.15) is 0 Å². The van der Waals surface area contributed by atoms with E-state index < -0.39 is 0 Å². The van der Waals surface area contributed by atoms with Crippen molar-refractivity contribution in [2.24, 2.45) is 5.73 Å². The molecule has 0 atom stereocenters. The van der Waals surface area contributed by atoms with E-state index in [0.717, 1.165) is 5.52 Å². The molecular formula is C8H11N5. The van der Waals surface area contributed by atoms with Crippen LogP contribution in [0.5, 0.6) is 0 Å². The van der Waals surface area contributed by atoms with Gasteiger partial charge in [0, 0.05) is 19.3 Å². The molecule has 3 N–H and O–H groups in total. The van der Waals surface area contributed by atoms with E-state index in [2.05, 4.69) is 15.4 Å². The lowest BCUT2D eigenvalue weighted by Gasteiger charge is -2.01. The molecule has 0 spiro atoms. The van der Waals surface area contributed by atoms with Crippen LogP contribution >= 0.6 is 0 Å². The summed E-state index contributed by atoms with van der Waals surface area (Å²) in [7, 11) is 0. The molecule has 0 saturated carbocycles. The molecule has 0 unspecified atom stereocenters. The number of fused-ring (bicyclic) bond motifs is 1. The molecule has 2 rings (SSSR count). The maximum atomic E-state index is 5.34. The van der Waals surface area contributed by atoms with Gasteiger partial charge in [0.05, 0.1) is 11.7 Å². The maximum absolute atomic E-state index is 5.34. The highest BCUT2D eigenvalue weighted by Crippen LogP contribution is 2.02. The Bertz CT molecular complexity index is 394. The zero-order chi connectivity index (χ0) is 9.10. The van der Waals surface area contributed by atoms with Crippen molar-refractivity contribution in [3.05, 3.63) is 24.5 Å². The highest BCUT2D eigenvalue weighted by molar-refractivity contribution is 5.45. The minimum Gasteiger partial charge on any atom is -0.352 e. The van der Waals surface area contributed by atoms with Crippen LogP contribution in [0.4, 0.5) is 5.95 Å². The van der Waals surface area contributed by atoms with Crippen LogP contribution in [0.2, 0.25) is 0 Å². The van der Waals surface area contributed by atoms with Gasteiger partial charge in [-0.2, -0.15) is 0 Å². The zero-order valence-electron chi connectivity index (χ0n) is 7.14. The van der Waals surface area contributed by atoms with Crippen LogP contribution in [-0.4, -0.2) is 27.7 Å². The summed E-state index contributed by atoms with van der Waals surface area (Å²) in [6.45, 7) is 1.26. The monoisotopic (exact) mass is 177 g/mol. The molecule has 0 aromatic carbocycles. The van der Waals surface area contributed by atoms with Crippen molar-refractivity contribution in [2.75, 3.05) is 18.4 Å². The van der Waals surface area contributed by atoms with Gasteiger partial charge in [0.25, 0.3) is 0 Å². The first kappa shape index (κ1) is 8.00. The van der Waals surface area contributed by atoms with Gasteiger partial charge < -0.3 is 11.1 Å². The highest BCUT2D eigenvalue weighted by atomic mass is 15.3. The summed E-state index contributed by atoms with van der Waals surface area (Å²) in [5.74, 6) is 0.606. The Morgan fingerprint density at radius 1 is 1.54 bits per heavy atom. The number of hydrogen-bond donors (Lipinski definition) is 2. The molecule has 13 heavy (non-hydrogen) atoms. The molecule has 0 radical (unpaired) electrons. The Kier molecular flexibility index (Phi) is 2.09. The molecule has 0 saturated heterocycles. The van der Waals surface area contributed by atoms with Crippen LogP contribution < -0.4 is 11.1 Å². The van der Waals surface area contributed by atoms with Gasteiger partial charge in [0.2, 0.25) is 5.95 Å². The molecule has 0 bridgehead atoms. The zero-order valence-corrected chi connectivity index (χ0v) is 7.14. The standard InChI is InChI=1S/C8H11N5/c9-3-4-10-8-11-6-7-2-1-5-13(7)12-8/h1-2,5-6H,3-4,9H2,(H,10,12). The van der Waals surface area contributed by atoms with E-state index in [4.69, 9.17) is 5.73 Å². The summed E-state index contributed by atoms with van der Waals surface area (Å²) >= 11 is 0. The van der Waals surface area contributed by atoms with Crippen molar-refractivity contribution in [1.29, 1.82) is 0 Å². The second-order valence-corrected chi connectivity index (χ2v) is 2.67. The quantitative estimate of drug-likeness (QED) is 0.697. The molecule has 5 nitrogen and oxygen atoms in total. The van der Waals surface area contributed by atoms with Crippen molar-refractivity contribution in [3.63, 3.8) is 0 Å². The summed E-state index contributed by atoms with van der Waals surface area (Å²) in [5.41, 5.74) is 6.33. The van der Waals surface area contributed by atoms with Crippen LogP contribution in [0.25, 0.3) is 5.52 Å². The fourth-order valence-electron chi connectivity index (χ4n) is 1.10. The fourth-order valence-corrected chi connectivity index (χ4v) is 1.10. The van der Waals surface area contributed by atoms with Crippen molar-refractivity contribution in [2.45, 2.75) is 0 Å². The second kappa shape index (κ2) is 3.40. The highest BCUT2D eigenvalue weighted by Gasteiger charge is 1.96. The van der Waals surface area contributed by atoms with Crippen LogP contribution in [0.15, 0.2) is 24.5 Å². The normalized spacial score (nSPS) is 10.5. The molecule has 68 valence electrons. The number of nitrogens with two attached hydrogens (primary N) is 1. The minimum absolute atomic E-state index is 0.576. The summed E-state index contributed by atoms with van der Waals surface area (Å²) in [6.07, 6.45) is 3.65. The molecule has 0 fully saturated rings. The Morgan fingerprint density at radius 2 is 2.46 bits per heavy atom. The van der Waals surface area contributed by atoms with Gasteiger partial charge in [-0.15, -0.1) is 5.10 Å². The molecule has 0 aliphatic carbocycles. The van der Waals surface area contributed by atoms with Gasteiger partial charge in [0.15, 0.2) is 0 Å². The third-order valence-electron chi connectivity index (χ3n) is 1.71. The van der Waals surface area contributed by atoms with E-state index in [0.29, 0.717) is 19.0 Å². The van der Waals surface area contributed by atoms with Gasteiger partial charge in [-0.05, 0) is 12.1 Å². The second-order valence-electron chi connectivity index (χ2n) is 2.67. The van der Waals surface area contributed by atoms with Crippen molar-refractivity contribution in [3.8, 4) is 0 Å². The largest absolute Gasteiger partial charge is 0.352 e. The Labute approximate surface area is 75.6 Å². The van der Waals surface area contributed by atoms with Crippen molar-refractivity contribution in [1.82, 2.24) is 14.6 Å². The average molecular weight is 177 g/mol. The van der Waals surface area contributed by atoms with Crippen molar-refractivity contribution >= 4 is 11.5 Å². The lowest BCUT2D eigenvalue weighted by Crippen LogP contribution is -2.15. The topological polar surface area (TPSA) is 68.2 Å². The smallest absolute Gasteiger partial charge is 0.241 e. The number of hydrogen-bond acceptors (Lipinski definition) is 4. The Hall–Kier alpha value is -1.62. The summed E-state index contributed by atoms with van der Waals surface area (Å²) in [6, 6.07) is 3.88. The molecular weight excluding hydrogens is 166 g/mol. The number of rotatable bonds is 3. The van der Waals surface area contributed by atoms with E-state index in [1.165, 1.54) is 0 Å². The fraction of sp³-hybridized carbons (Fsp3) is 0.250. The average Bonchev–Trinajstić information content (AvgIpc) is 2.61. The first-order chi connectivity index (χ1) is 6.40. The Morgan fingerprint density at radius 3 is 3.31 bits per heavy atom. The third-order valence-corrected chi connectivity index (χ3v) is 1.71. The van der Waals surface area contributed by atoms with Gasteiger partial charge in [-0.1, -0.05) is 0 Å². The first-order valence-corrected chi connectivity index (χ1v) is 4.14. The number of nitrogens with one attached hydrogen (secondary N) is 1. The van der Waals surface area contributed by atoms with E-state index in [1.54, 1.807) is 10.7 Å².